The highest BCUT2D eigenvalue weighted by Crippen LogP contribution is 2.14. The lowest BCUT2D eigenvalue weighted by Crippen LogP contribution is -2.18. The Labute approximate surface area is 94.7 Å². The molecule has 3 heteroatoms. The minimum atomic E-state index is -0.148. The van der Waals surface area contributed by atoms with Crippen LogP contribution in [-0.4, -0.2) is 15.3 Å². The summed E-state index contributed by atoms with van der Waals surface area (Å²) in [7, 11) is 0. The summed E-state index contributed by atoms with van der Waals surface area (Å²) in [5, 5.41) is 0. The molecule has 1 unspecified atom stereocenters. The summed E-state index contributed by atoms with van der Waals surface area (Å²) in [6, 6.07) is 9.87. The lowest BCUT2D eigenvalue weighted by atomic mass is 10.0. The van der Waals surface area contributed by atoms with Crippen LogP contribution in [-0.2, 0) is 11.2 Å². The van der Waals surface area contributed by atoms with E-state index in [2.05, 4.69) is 4.98 Å². The topological polar surface area (TPSA) is 34.9 Å². The summed E-state index contributed by atoms with van der Waals surface area (Å²) in [5.41, 5.74) is 1.16. The number of hydrogen-bond acceptors (Lipinski definition) is 2. The van der Waals surface area contributed by atoms with Crippen molar-refractivity contribution in [3.05, 3.63) is 54.6 Å². The molecule has 3 nitrogen and oxygen atoms in total. The summed E-state index contributed by atoms with van der Waals surface area (Å²) in [6.07, 6.45) is 5.93. The fourth-order valence-electron chi connectivity index (χ4n) is 1.75. The molecule has 0 aliphatic rings. The van der Waals surface area contributed by atoms with Gasteiger partial charge in [0.2, 0.25) is 0 Å². The number of imidazole rings is 1. The molecule has 0 saturated heterocycles. The molecule has 0 radical (unpaired) electrons. The molecule has 0 spiro atoms. The van der Waals surface area contributed by atoms with Gasteiger partial charge in [-0.2, -0.15) is 0 Å². The quantitative estimate of drug-likeness (QED) is 0.782. The lowest BCUT2D eigenvalue weighted by Gasteiger charge is -2.15. The Kier molecular flexibility index (Phi) is 3.15. The zero-order valence-electron chi connectivity index (χ0n) is 9.21. The SMILES string of the molecule is CC(=O)C(Cc1ccccc1)n1ccnc1. The molecule has 0 saturated carbocycles. The third-order valence-corrected chi connectivity index (χ3v) is 2.63. The first-order chi connectivity index (χ1) is 7.77. The third kappa shape index (κ3) is 2.37. The Morgan fingerprint density at radius 2 is 2.12 bits per heavy atom. The second kappa shape index (κ2) is 4.75. The van der Waals surface area contributed by atoms with Crippen molar-refractivity contribution in [2.75, 3.05) is 0 Å². The maximum Gasteiger partial charge on any atom is 0.152 e. The van der Waals surface area contributed by atoms with E-state index in [1.807, 2.05) is 41.1 Å². The maximum atomic E-state index is 11.6. The van der Waals surface area contributed by atoms with Crippen molar-refractivity contribution < 1.29 is 4.79 Å². The van der Waals surface area contributed by atoms with E-state index in [9.17, 15) is 4.79 Å². The molecule has 82 valence electrons. The van der Waals surface area contributed by atoms with Gasteiger partial charge in [-0.3, -0.25) is 4.79 Å². The molecule has 0 amide bonds. The summed E-state index contributed by atoms with van der Waals surface area (Å²) < 4.78 is 1.86. The van der Waals surface area contributed by atoms with Crippen molar-refractivity contribution in [1.82, 2.24) is 9.55 Å². The van der Waals surface area contributed by atoms with Crippen molar-refractivity contribution in [2.24, 2.45) is 0 Å². The zero-order chi connectivity index (χ0) is 11.4. The van der Waals surface area contributed by atoms with E-state index in [1.54, 1.807) is 19.4 Å². The average Bonchev–Trinajstić information content (AvgIpc) is 2.80. The molecule has 0 aliphatic carbocycles. The molecule has 0 fully saturated rings. The van der Waals surface area contributed by atoms with Crippen molar-refractivity contribution >= 4 is 5.78 Å². The van der Waals surface area contributed by atoms with E-state index in [1.165, 1.54) is 0 Å². The summed E-state index contributed by atoms with van der Waals surface area (Å²) in [4.78, 5) is 15.6. The first-order valence-corrected chi connectivity index (χ1v) is 5.29. The number of rotatable bonds is 4. The van der Waals surface area contributed by atoms with Gasteiger partial charge in [0.05, 0.1) is 12.4 Å². The molecule has 2 aromatic rings. The van der Waals surface area contributed by atoms with Crippen LogP contribution in [0, 0.1) is 0 Å². The molecule has 1 atom stereocenters. The fraction of sp³-hybridized carbons (Fsp3) is 0.231. The van der Waals surface area contributed by atoms with E-state index < -0.39 is 0 Å². The van der Waals surface area contributed by atoms with Crippen LogP contribution in [0.3, 0.4) is 0 Å². The predicted octanol–water partition coefficient (Wildman–Crippen LogP) is 2.26. The number of benzene rings is 1. The Balaban J connectivity index is 2.19. The van der Waals surface area contributed by atoms with Crippen LogP contribution in [0.15, 0.2) is 49.1 Å². The van der Waals surface area contributed by atoms with Crippen LogP contribution >= 0.6 is 0 Å². The molecule has 16 heavy (non-hydrogen) atoms. The van der Waals surface area contributed by atoms with E-state index in [-0.39, 0.29) is 11.8 Å². The summed E-state index contributed by atoms with van der Waals surface area (Å²) in [5.74, 6) is 0.154. The predicted molar refractivity (Wildman–Crippen MR) is 62.1 cm³/mol. The van der Waals surface area contributed by atoms with Crippen molar-refractivity contribution in [3.63, 3.8) is 0 Å². The summed E-state index contributed by atoms with van der Waals surface area (Å²) >= 11 is 0. The highest BCUT2D eigenvalue weighted by molar-refractivity contribution is 5.80. The minimum Gasteiger partial charge on any atom is -0.327 e. The van der Waals surface area contributed by atoms with Gasteiger partial charge < -0.3 is 4.57 Å². The highest BCUT2D eigenvalue weighted by atomic mass is 16.1. The number of Topliss-reactive ketones (excluding diaryl/α,β-unsaturated/α-hetero) is 1. The van der Waals surface area contributed by atoms with Gasteiger partial charge in [-0.15, -0.1) is 0 Å². The number of carbonyl (C=O) groups excluding carboxylic acids is 1. The van der Waals surface area contributed by atoms with Crippen LogP contribution in [0.2, 0.25) is 0 Å². The fourth-order valence-corrected chi connectivity index (χ4v) is 1.75. The van der Waals surface area contributed by atoms with Gasteiger partial charge in [0.25, 0.3) is 0 Å². The molecule has 0 bridgehead atoms. The van der Waals surface area contributed by atoms with Crippen molar-refractivity contribution in [3.8, 4) is 0 Å². The molecule has 0 aliphatic heterocycles. The van der Waals surface area contributed by atoms with Crippen LogP contribution in [0.25, 0.3) is 0 Å². The first kappa shape index (κ1) is 10.6. The lowest BCUT2D eigenvalue weighted by molar-refractivity contribution is -0.120. The number of aromatic nitrogens is 2. The summed E-state index contributed by atoms with van der Waals surface area (Å²) in [6.45, 7) is 1.62. The standard InChI is InChI=1S/C13H14N2O/c1-11(16)13(15-8-7-14-10-15)9-12-5-3-2-4-6-12/h2-8,10,13H,9H2,1H3. The van der Waals surface area contributed by atoms with Gasteiger partial charge in [0.1, 0.15) is 0 Å². The molecule has 2 rings (SSSR count). The smallest absolute Gasteiger partial charge is 0.152 e. The monoisotopic (exact) mass is 214 g/mol. The zero-order valence-corrected chi connectivity index (χ0v) is 9.21. The molecule has 1 heterocycles. The van der Waals surface area contributed by atoms with Crippen LogP contribution in [0.5, 0.6) is 0 Å². The Morgan fingerprint density at radius 3 is 2.69 bits per heavy atom. The first-order valence-electron chi connectivity index (χ1n) is 5.29. The van der Waals surface area contributed by atoms with Gasteiger partial charge >= 0.3 is 0 Å². The van der Waals surface area contributed by atoms with Crippen molar-refractivity contribution in [1.29, 1.82) is 0 Å². The van der Waals surface area contributed by atoms with Crippen LogP contribution < -0.4 is 0 Å². The van der Waals surface area contributed by atoms with E-state index in [4.69, 9.17) is 0 Å². The minimum absolute atomic E-state index is 0.148. The number of ketones is 1. The van der Waals surface area contributed by atoms with E-state index >= 15 is 0 Å². The van der Waals surface area contributed by atoms with Gasteiger partial charge in [-0.05, 0) is 12.5 Å². The normalized spacial score (nSPS) is 12.3. The molecule has 1 aromatic carbocycles. The van der Waals surface area contributed by atoms with Crippen molar-refractivity contribution in [2.45, 2.75) is 19.4 Å². The largest absolute Gasteiger partial charge is 0.327 e. The number of nitrogens with zero attached hydrogens (tertiary/aromatic N) is 2. The Bertz CT molecular complexity index is 448. The molecular weight excluding hydrogens is 200 g/mol. The maximum absolute atomic E-state index is 11.6. The van der Waals surface area contributed by atoms with Gasteiger partial charge in [-0.1, -0.05) is 30.3 Å². The molecular formula is C13H14N2O. The van der Waals surface area contributed by atoms with E-state index in [0.29, 0.717) is 6.42 Å². The number of carbonyl (C=O) groups is 1. The van der Waals surface area contributed by atoms with Gasteiger partial charge in [-0.25, -0.2) is 4.98 Å². The van der Waals surface area contributed by atoms with Crippen LogP contribution in [0.4, 0.5) is 0 Å². The average molecular weight is 214 g/mol. The third-order valence-electron chi connectivity index (χ3n) is 2.63. The van der Waals surface area contributed by atoms with Gasteiger partial charge in [0.15, 0.2) is 5.78 Å². The Hall–Kier alpha value is -1.90. The number of hydrogen-bond donors (Lipinski definition) is 0. The van der Waals surface area contributed by atoms with E-state index in [0.717, 1.165) is 5.56 Å². The van der Waals surface area contributed by atoms with Gasteiger partial charge in [0, 0.05) is 18.8 Å². The molecule has 1 aromatic heterocycles. The Morgan fingerprint density at radius 1 is 1.38 bits per heavy atom. The molecule has 0 N–H and O–H groups in total. The second-order valence-electron chi connectivity index (χ2n) is 3.83. The van der Waals surface area contributed by atoms with Crippen LogP contribution in [0.1, 0.15) is 18.5 Å². The highest BCUT2D eigenvalue weighted by Gasteiger charge is 2.15. The second-order valence-corrected chi connectivity index (χ2v) is 3.83.